The molecule has 2 aromatic heterocycles. The van der Waals surface area contributed by atoms with Crippen molar-refractivity contribution in [3.63, 3.8) is 0 Å². The van der Waals surface area contributed by atoms with Gasteiger partial charge in [-0.25, -0.2) is 0 Å². The highest BCUT2D eigenvalue weighted by Gasteiger charge is 2.46. The Bertz CT molecular complexity index is 3520. The van der Waals surface area contributed by atoms with Crippen LogP contribution in [0.4, 0.5) is 34.1 Å². The van der Waals surface area contributed by atoms with E-state index in [1.165, 1.54) is 60.5 Å². The molecule has 10 aromatic rings. The maximum absolute atomic E-state index is 7.18. The maximum Gasteiger partial charge on any atom is 0.297 e. The minimum absolute atomic E-state index is 0.0186. The Morgan fingerprint density at radius 3 is 1.64 bits per heavy atom. The number of hydrogen-bond acceptors (Lipinski definition) is 3. The number of hydrogen-bond donors (Lipinski definition) is 0. The molecule has 0 spiro atoms. The molecular formula is C62H56BN3O. The largest absolute Gasteiger partial charge is 0.468 e. The molecule has 5 heteroatoms. The quantitative estimate of drug-likeness (QED) is 0.165. The number of para-hydroxylation sites is 2. The molecule has 2 aliphatic rings. The molecule has 0 fully saturated rings. The summed E-state index contributed by atoms with van der Waals surface area (Å²) < 4.78 is 9.66. The van der Waals surface area contributed by atoms with Crippen LogP contribution in [0.3, 0.4) is 0 Å². The Morgan fingerprint density at radius 2 is 0.985 bits per heavy atom. The first-order valence-corrected chi connectivity index (χ1v) is 23.9. The molecule has 0 amide bonds. The van der Waals surface area contributed by atoms with E-state index in [1.807, 2.05) is 0 Å². The molecule has 0 N–H and O–H groups in total. The zero-order valence-electron chi connectivity index (χ0n) is 40.1. The molecule has 4 heterocycles. The predicted octanol–water partition coefficient (Wildman–Crippen LogP) is 15.2. The van der Waals surface area contributed by atoms with Crippen molar-refractivity contribution in [3.8, 4) is 16.8 Å². The molecular weight excluding hydrogens is 814 g/mol. The molecule has 0 unspecified atom stereocenters. The number of anilines is 6. The average molecular weight is 870 g/mol. The van der Waals surface area contributed by atoms with Crippen molar-refractivity contribution in [3.05, 3.63) is 193 Å². The Labute approximate surface area is 395 Å². The lowest BCUT2D eigenvalue weighted by molar-refractivity contribution is 0.590. The van der Waals surface area contributed by atoms with Crippen molar-refractivity contribution >= 4 is 90.2 Å². The maximum atomic E-state index is 7.18. The van der Waals surface area contributed by atoms with Gasteiger partial charge in [-0.05, 0) is 140 Å². The molecule has 0 atom stereocenters. The number of nitrogens with zero attached hydrogens (tertiary/aromatic N) is 3. The highest BCUT2D eigenvalue weighted by atomic mass is 16.3. The number of benzene rings is 8. The lowest BCUT2D eigenvalue weighted by Crippen LogP contribution is -2.61. The van der Waals surface area contributed by atoms with Crippen LogP contribution in [-0.2, 0) is 16.2 Å². The molecule has 328 valence electrons. The fourth-order valence-electron chi connectivity index (χ4n) is 10.8. The zero-order chi connectivity index (χ0) is 46.1. The van der Waals surface area contributed by atoms with Crippen molar-refractivity contribution < 1.29 is 4.42 Å². The smallest absolute Gasteiger partial charge is 0.297 e. The van der Waals surface area contributed by atoms with E-state index in [1.54, 1.807) is 0 Å². The third-order valence-corrected chi connectivity index (χ3v) is 14.4. The van der Waals surface area contributed by atoms with Crippen LogP contribution in [0.2, 0.25) is 0 Å². The summed E-state index contributed by atoms with van der Waals surface area (Å²) in [6.45, 7) is 20.5. The van der Waals surface area contributed by atoms with E-state index < -0.39 is 0 Å². The highest BCUT2D eigenvalue weighted by molar-refractivity contribution is 7.00. The first-order chi connectivity index (χ1) is 32.1. The second-order valence-corrected chi connectivity index (χ2v) is 21.9. The number of furan rings is 1. The highest BCUT2D eigenvalue weighted by Crippen LogP contribution is 2.48. The van der Waals surface area contributed by atoms with Crippen LogP contribution in [0.5, 0.6) is 0 Å². The Balaban J connectivity index is 1.09. The number of aromatic nitrogens is 1. The summed E-state index contributed by atoms with van der Waals surface area (Å²) in [7, 11) is 0. The third-order valence-electron chi connectivity index (χ3n) is 14.4. The van der Waals surface area contributed by atoms with E-state index in [0.717, 1.165) is 56.4 Å². The number of rotatable bonds is 4. The predicted molar refractivity (Wildman–Crippen MR) is 286 cm³/mol. The Kier molecular flexibility index (Phi) is 9.00. The third kappa shape index (κ3) is 6.49. The monoisotopic (exact) mass is 869 g/mol. The van der Waals surface area contributed by atoms with E-state index in [4.69, 9.17) is 4.42 Å². The van der Waals surface area contributed by atoms with Gasteiger partial charge in [0.25, 0.3) is 6.71 Å². The zero-order valence-corrected chi connectivity index (χ0v) is 40.1. The van der Waals surface area contributed by atoms with E-state index in [9.17, 15) is 0 Å². The molecule has 2 aliphatic heterocycles. The summed E-state index contributed by atoms with van der Waals surface area (Å²) in [5.41, 5.74) is 21.1. The van der Waals surface area contributed by atoms with Crippen molar-refractivity contribution in [2.75, 3.05) is 9.80 Å². The lowest BCUT2D eigenvalue weighted by atomic mass is 9.35. The van der Waals surface area contributed by atoms with Crippen molar-refractivity contribution in [2.45, 2.75) is 78.6 Å². The normalized spacial score (nSPS) is 13.7. The standard InChI is InChI=1S/C62H56BN3O/c1-60(2,3)41-27-25-39(26-28-41)40-17-15-20-45(35-40)66-54-23-16-22-53-57(54)63(59-58(66)47-21-13-14-24-56(47)67-59)50-32-31-46(38-55(50)64(53)44-18-11-10-12-19-44)65-51-33-29-42(61(4,5)6)36-48(51)49-37-43(62(7,8)9)30-34-52(49)65/h10-38H,1-9H3. The number of fused-ring (bicyclic) bond motifs is 9. The molecule has 4 nitrogen and oxygen atoms in total. The van der Waals surface area contributed by atoms with Crippen LogP contribution in [0, 0.1) is 0 Å². The van der Waals surface area contributed by atoms with Crippen LogP contribution >= 0.6 is 0 Å². The molecule has 0 saturated heterocycles. The van der Waals surface area contributed by atoms with Gasteiger partial charge in [-0.15, -0.1) is 0 Å². The van der Waals surface area contributed by atoms with Gasteiger partial charge in [-0.2, -0.15) is 0 Å². The molecule has 0 saturated carbocycles. The topological polar surface area (TPSA) is 24.6 Å². The van der Waals surface area contributed by atoms with Gasteiger partial charge in [0.15, 0.2) is 0 Å². The van der Waals surface area contributed by atoms with Crippen LogP contribution in [0.1, 0.15) is 79.0 Å². The van der Waals surface area contributed by atoms with Crippen molar-refractivity contribution in [1.29, 1.82) is 0 Å². The van der Waals surface area contributed by atoms with Crippen LogP contribution in [-0.4, -0.2) is 11.3 Å². The molecule has 67 heavy (non-hydrogen) atoms. The molecule has 8 aromatic carbocycles. The van der Waals surface area contributed by atoms with E-state index in [0.29, 0.717) is 0 Å². The first kappa shape index (κ1) is 41.2. The molecule has 0 aliphatic carbocycles. The molecule has 0 radical (unpaired) electrons. The summed E-state index contributed by atoms with van der Waals surface area (Å²) in [6.07, 6.45) is 0. The van der Waals surface area contributed by atoms with E-state index in [2.05, 4.69) is 253 Å². The fourth-order valence-corrected chi connectivity index (χ4v) is 10.8. The van der Waals surface area contributed by atoms with Gasteiger partial charge in [0, 0.05) is 50.3 Å². The molecule has 0 bridgehead atoms. The second-order valence-electron chi connectivity index (χ2n) is 21.9. The molecule has 12 rings (SSSR count). The van der Waals surface area contributed by atoms with Crippen LogP contribution in [0.15, 0.2) is 180 Å². The van der Waals surface area contributed by atoms with Gasteiger partial charge in [-0.3, -0.25) is 0 Å². The van der Waals surface area contributed by atoms with Gasteiger partial charge in [0.05, 0.1) is 22.4 Å². The first-order valence-electron chi connectivity index (χ1n) is 23.9. The van der Waals surface area contributed by atoms with Gasteiger partial charge < -0.3 is 18.8 Å². The Hall–Kier alpha value is -7.24. The minimum atomic E-state index is -0.149. The van der Waals surface area contributed by atoms with Crippen molar-refractivity contribution in [1.82, 2.24) is 4.57 Å². The van der Waals surface area contributed by atoms with E-state index >= 15 is 0 Å². The van der Waals surface area contributed by atoms with Gasteiger partial charge >= 0.3 is 0 Å². The fraction of sp³-hybridized carbons (Fsp3) is 0.194. The van der Waals surface area contributed by atoms with E-state index in [-0.39, 0.29) is 23.0 Å². The van der Waals surface area contributed by atoms with Crippen LogP contribution < -0.4 is 26.4 Å². The average Bonchev–Trinajstić information content (AvgIpc) is 3.86. The summed E-state index contributed by atoms with van der Waals surface area (Å²) in [6, 6.07) is 65.7. The summed E-state index contributed by atoms with van der Waals surface area (Å²) in [5.74, 6) is 0. The minimum Gasteiger partial charge on any atom is -0.468 e. The van der Waals surface area contributed by atoms with Gasteiger partial charge in [-0.1, -0.05) is 153 Å². The summed E-state index contributed by atoms with van der Waals surface area (Å²) in [5, 5.41) is 3.67. The van der Waals surface area contributed by atoms with Crippen LogP contribution in [0.25, 0.3) is 49.6 Å². The lowest BCUT2D eigenvalue weighted by Gasteiger charge is -2.42. The van der Waals surface area contributed by atoms with Gasteiger partial charge in [0.1, 0.15) is 5.58 Å². The summed E-state index contributed by atoms with van der Waals surface area (Å²) >= 11 is 0. The summed E-state index contributed by atoms with van der Waals surface area (Å²) in [4.78, 5) is 4.94. The SMILES string of the molecule is CC(C)(C)c1ccc(-c2cccc(N3c4cccc5c4B(c4ccc(-n6c7ccc(C(C)(C)C)cc7c7cc(C(C)(C)C)ccc76)cc4N5c4ccccc4)c4oc5ccccc5c43)c2)cc1. The Morgan fingerprint density at radius 1 is 0.403 bits per heavy atom. The van der Waals surface area contributed by atoms with Crippen molar-refractivity contribution in [2.24, 2.45) is 0 Å². The second kappa shape index (κ2) is 14.6. The van der Waals surface area contributed by atoms with Gasteiger partial charge in [0.2, 0.25) is 0 Å².